The number of piperazine rings is 2. The van der Waals surface area contributed by atoms with E-state index in [0.717, 1.165) is 6.41 Å². The standard InChI is InChI=1S/C19H22N6O4/c26-14-22-3-5-25(6-4-22)19-20-12-15(13-21-19)17(27)23-7-9-24(10-8-23)18(28)16-2-1-11-29-16/h1-2,11-14H,3-10H2. The molecule has 0 spiro atoms. The minimum atomic E-state index is -0.163. The van der Waals surface area contributed by atoms with Crippen LogP contribution in [-0.2, 0) is 4.79 Å². The van der Waals surface area contributed by atoms with E-state index in [4.69, 9.17) is 4.42 Å². The molecule has 2 fully saturated rings. The number of carbonyl (C=O) groups excluding carboxylic acids is 3. The van der Waals surface area contributed by atoms with Gasteiger partial charge >= 0.3 is 0 Å². The van der Waals surface area contributed by atoms with Gasteiger partial charge in [-0.3, -0.25) is 14.4 Å². The molecule has 2 aliphatic rings. The lowest BCUT2D eigenvalue weighted by molar-refractivity contribution is -0.118. The largest absolute Gasteiger partial charge is 0.459 e. The molecule has 0 atom stereocenters. The fourth-order valence-corrected chi connectivity index (χ4v) is 3.47. The third-order valence-electron chi connectivity index (χ3n) is 5.22. The monoisotopic (exact) mass is 398 g/mol. The minimum Gasteiger partial charge on any atom is -0.459 e. The van der Waals surface area contributed by atoms with Crippen LogP contribution in [0.15, 0.2) is 35.2 Å². The van der Waals surface area contributed by atoms with Crippen LogP contribution in [0.5, 0.6) is 0 Å². The van der Waals surface area contributed by atoms with Crippen molar-refractivity contribution in [3.63, 3.8) is 0 Å². The SMILES string of the molecule is O=CN1CCN(c2ncc(C(=O)N3CCN(C(=O)c4ccco4)CC3)cn2)CC1. The summed E-state index contributed by atoms with van der Waals surface area (Å²) in [7, 11) is 0. The van der Waals surface area contributed by atoms with Gasteiger partial charge in [0.1, 0.15) is 0 Å². The maximum Gasteiger partial charge on any atom is 0.289 e. The summed E-state index contributed by atoms with van der Waals surface area (Å²) < 4.78 is 5.15. The van der Waals surface area contributed by atoms with Crippen LogP contribution in [0.3, 0.4) is 0 Å². The number of carbonyl (C=O) groups is 3. The number of hydrogen-bond donors (Lipinski definition) is 0. The zero-order chi connectivity index (χ0) is 20.2. The van der Waals surface area contributed by atoms with Crippen molar-refractivity contribution >= 4 is 24.2 Å². The van der Waals surface area contributed by atoms with Crippen molar-refractivity contribution in [2.24, 2.45) is 0 Å². The zero-order valence-electron chi connectivity index (χ0n) is 15.9. The van der Waals surface area contributed by atoms with Gasteiger partial charge in [-0.2, -0.15) is 0 Å². The fourth-order valence-electron chi connectivity index (χ4n) is 3.47. The first-order valence-electron chi connectivity index (χ1n) is 9.54. The Hall–Kier alpha value is -3.43. The van der Waals surface area contributed by atoms with Gasteiger partial charge in [0.15, 0.2) is 5.76 Å². The van der Waals surface area contributed by atoms with Crippen molar-refractivity contribution in [3.05, 3.63) is 42.1 Å². The van der Waals surface area contributed by atoms with E-state index >= 15 is 0 Å². The third kappa shape index (κ3) is 4.05. The fraction of sp³-hybridized carbons (Fsp3) is 0.421. The molecule has 2 aliphatic heterocycles. The van der Waals surface area contributed by atoms with Crippen molar-refractivity contribution in [2.45, 2.75) is 0 Å². The van der Waals surface area contributed by atoms with Gasteiger partial charge in [-0.05, 0) is 12.1 Å². The van der Waals surface area contributed by atoms with Crippen molar-refractivity contribution in [1.82, 2.24) is 24.7 Å². The van der Waals surface area contributed by atoms with Crippen LogP contribution >= 0.6 is 0 Å². The number of furan rings is 1. The summed E-state index contributed by atoms with van der Waals surface area (Å²) in [6.07, 6.45) is 5.40. The molecule has 0 radical (unpaired) electrons. The predicted molar refractivity (Wildman–Crippen MR) is 102 cm³/mol. The van der Waals surface area contributed by atoms with Gasteiger partial charge in [-0.25, -0.2) is 9.97 Å². The average molecular weight is 398 g/mol. The molecule has 29 heavy (non-hydrogen) atoms. The molecule has 2 aromatic heterocycles. The molecule has 0 aromatic carbocycles. The van der Waals surface area contributed by atoms with Gasteiger partial charge in [0, 0.05) is 64.8 Å². The lowest BCUT2D eigenvalue weighted by Gasteiger charge is -2.34. The summed E-state index contributed by atoms with van der Waals surface area (Å²) in [5.41, 5.74) is 0.422. The Balaban J connectivity index is 1.32. The van der Waals surface area contributed by atoms with Gasteiger partial charge in [0.2, 0.25) is 12.4 Å². The molecule has 4 heterocycles. The number of hydrogen-bond acceptors (Lipinski definition) is 7. The molecule has 0 bridgehead atoms. The first kappa shape index (κ1) is 18.9. The van der Waals surface area contributed by atoms with Crippen LogP contribution < -0.4 is 4.90 Å². The summed E-state index contributed by atoms with van der Waals surface area (Å²) in [5, 5.41) is 0. The lowest BCUT2D eigenvalue weighted by Crippen LogP contribution is -2.50. The van der Waals surface area contributed by atoms with Crippen LogP contribution in [0.1, 0.15) is 20.9 Å². The molecule has 0 saturated carbocycles. The summed E-state index contributed by atoms with van der Waals surface area (Å²) >= 11 is 0. The summed E-state index contributed by atoms with van der Waals surface area (Å²) in [5.74, 6) is 0.556. The zero-order valence-corrected chi connectivity index (χ0v) is 15.9. The second-order valence-corrected chi connectivity index (χ2v) is 6.96. The highest BCUT2D eigenvalue weighted by Gasteiger charge is 2.27. The first-order chi connectivity index (χ1) is 14.2. The second kappa shape index (κ2) is 8.29. The van der Waals surface area contributed by atoms with Crippen LogP contribution in [-0.4, -0.2) is 95.3 Å². The quantitative estimate of drug-likeness (QED) is 0.665. The molecular weight excluding hydrogens is 376 g/mol. The number of anilines is 1. The highest BCUT2D eigenvalue weighted by molar-refractivity contribution is 5.94. The molecule has 2 saturated heterocycles. The van der Waals surface area contributed by atoms with Gasteiger partial charge in [-0.1, -0.05) is 0 Å². The molecule has 0 aliphatic carbocycles. The molecule has 0 N–H and O–H groups in total. The molecule has 10 nitrogen and oxygen atoms in total. The van der Waals surface area contributed by atoms with E-state index in [1.54, 1.807) is 26.8 Å². The lowest BCUT2D eigenvalue weighted by atomic mass is 10.2. The highest BCUT2D eigenvalue weighted by Crippen LogP contribution is 2.14. The highest BCUT2D eigenvalue weighted by atomic mass is 16.3. The van der Waals surface area contributed by atoms with Gasteiger partial charge in [0.25, 0.3) is 11.8 Å². The summed E-state index contributed by atoms with van der Waals surface area (Å²) in [4.78, 5) is 51.6. The Morgan fingerprint density at radius 2 is 1.52 bits per heavy atom. The Morgan fingerprint density at radius 3 is 2.07 bits per heavy atom. The Bertz CT molecular complexity index is 853. The van der Waals surface area contributed by atoms with Crippen LogP contribution in [0.4, 0.5) is 5.95 Å². The average Bonchev–Trinajstić information content (AvgIpc) is 3.33. The van der Waals surface area contributed by atoms with E-state index in [1.807, 2.05) is 4.90 Å². The Kier molecular flexibility index (Phi) is 5.41. The predicted octanol–water partition coefficient (Wildman–Crippen LogP) is -0.0538. The number of rotatable bonds is 4. The number of nitrogens with zero attached hydrogens (tertiary/aromatic N) is 6. The van der Waals surface area contributed by atoms with Crippen LogP contribution in [0.25, 0.3) is 0 Å². The maximum atomic E-state index is 12.7. The number of aromatic nitrogens is 2. The molecular formula is C19H22N6O4. The topological polar surface area (TPSA) is 103 Å². The van der Waals surface area contributed by atoms with Crippen molar-refractivity contribution < 1.29 is 18.8 Å². The number of amides is 3. The smallest absolute Gasteiger partial charge is 0.289 e. The van der Waals surface area contributed by atoms with E-state index in [-0.39, 0.29) is 11.8 Å². The van der Waals surface area contributed by atoms with E-state index in [1.165, 1.54) is 18.7 Å². The van der Waals surface area contributed by atoms with Gasteiger partial charge in [0.05, 0.1) is 11.8 Å². The summed E-state index contributed by atoms with van der Waals surface area (Å²) in [6.45, 7) is 4.39. The molecule has 3 amide bonds. The van der Waals surface area contributed by atoms with Crippen molar-refractivity contribution in [1.29, 1.82) is 0 Å². The molecule has 0 unspecified atom stereocenters. The molecule has 10 heteroatoms. The van der Waals surface area contributed by atoms with E-state index < -0.39 is 0 Å². The third-order valence-corrected chi connectivity index (χ3v) is 5.22. The minimum absolute atomic E-state index is 0.146. The second-order valence-electron chi connectivity index (χ2n) is 6.96. The summed E-state index contributed by atoms with van der Waals surface area (Å²) in [6, 6.07) is 3.32. The van der Waals surface area contributed by atoms with Crippen LogP contribution in [0.2, 0.25) is 0 Å². The van der Waals surface area contributed by atoms with Crippen molar-refractivity contribution in [2.75, 3.05) is 57.3 Å². The normalized spacial score (nSPS) is 17.4. The van der Waals surface area contributed by atoms with E-state index in [0.29, 0.717) is 69.6 Å². The Morgan fingerprint density at radius 1 is 0.897 bits per heavy atom. The van der Waals surface area contributed by atoms with Gasteiger partial charge < -0.3 is 24.0 Å². The van der Waals surface area contributed by atoms with Gasteiger partial charge in [-0.15, -0.1) is 0 Å². The molecule has 2 aromatic rings. The first-order valence-corrected chi connectivity index (χ1v) is 9.54. The maximum absolute atomic E-state index is 12.7. The Labute approximate surface area is 167 Å². The van der Waals surface area contributed by atoms with Crippen LogP contribution in [0, 0.1) is 0 Å². The van der Waals surface area contributed by atoms with Crippen molar-refractivity contribution in [3.8, 4) is 0 Å². The molecule has 152 valence electrons. The van der Waals surface area contributed by atoms with E-state index in [2.05, 4.69) is 9.97 Å². The molecule has 4 rings (SSSR count). The van der Waals surface area contributed by atoms with E-state index in [9.17, 15) is 14.4 Å².